The second kappa shape index (κ2) is 10.1. The van der Waals surface area contributed by atoms with Crippen LogP contribution in [0.25, 0.3) is 10.8 Å². The number of aromatic nitrogens is 1. The molecule has 4 rings (SSSR count). The molecule has 188 valence electrons. The van der Waals surface area contributed by atoms with Crippen LogP contribution in [0.15, 0.2) is 36.5 Å². The van der Waals surface area contributed by atoms with Crippen LogP contribution in [0.5, 0.6) is 5.88 Å². The van der Waals surface area contributed by atoms with E-state index in [-0.39, 0.29) is 19.1 Å². The molecular formula is C26H33N3O6. The number of carboxylic acid groups (broad SMARTS) is 1. The summed E-state index contributed by atoms with van der Waals surface area (Å²) in [6.07, 6.45) is 4.08. The van der Waals surface area contributed by atoms with Crippen molar-refractivity contribution in [1.82, 2.24) is 15.2 Å². The van der Waals surface area contributed by atoms with Gasteiger partial charge in [-0.05, 0) is 48.6 Å². The van der Waals surface area contributed by atoms with Gasteiger partial charge in [0.1, 0.15) is 24.3 Å². The first-order valence-electron chi connectivity index (χ1n) is 12.1. The lowest BCUT2D eigenvalue weighted by Crippen LogP contribution is -2.57. The van der Waals surface area contributed by atoms with Crippen molar-refractivity contribution in [3.63, 3.8) is 0 Å². The van der Waals surface area contributed by atoms with Gasteiger partial charge in [0.25, 0.3) is 0 Å². The fraction of sp³-hybridized carbons (Fsp3) is 0.538. The molecule has 9 heteroatoms. The molecule has 9 nitrogen and oxygen atoms in total. The maximum absolute atomic E-state index is 13.6. The number of alkyl carbamates (subject to hydrolysis) is 1. The molecular weight excluding hydrogens is 450 g/mol. The number of carbonyl (C=O) groups excluding carboxylic acids is 2. The molecule has 35 heavy (non-hydrogen) atoms. The van der Waals surface area contributed by atoms with Gasteiger partial charge in [0, 0.05) is 18.0 Å². The molecule has 0 bridgehead atoms. The van der Waals surface area contributed by atoms with Crippen LogP contribution in [0, 0.1) is 5.41 Å². The van der Waals surface area contributed by atoms with Gasteiger partial charge in [-0.25, -0.2) is 14.6 Å². The molecule has 1 aliphatic heterocycles. The Morgan fingerprint density at radius 1 is 1.11 bits per heavy atom. The highest BCUT2D eigenvalue weighted by atomic mass is 16.6. The smallest absolute Gasteiger partial charge is 0.408 e. The molecule has 1 saturated carbocycles. The van der Waals surface area contributed by atoms with Crippen molar-refractivity contribution in [3.05, 3.63) is 36.5 Å². The van der Waals surface area contributed by atoms with E-state index in [9.17, 15) is 19.5 Å². The first-order valence-corrected chi connectivity index (χ1v) is 12.1. The third-order valence-electron chi connectivity index (χ3n) is 6.70. The normalized spacial score (nSPS) is 21.6. The van der Waals surface area contributed by atoms with Gasteiger partial charge in [-0.2, -0.15) is 0 Å². The topological polar surface area (TPSA) is 118 Å². The molecule has 0 radical (unpaired) electrons. The zero-order valence-electron chi connectivity index (χ0n) is 20.4. The highest BCUT2D eigenvalue weighted by molar-refractivity contribution is 5.90. The van der Waals surface area contributed by atoms with Gasteiger partial charge in [0.2, 0.25) is 11.8 Å². The number of hydrogen-bond acceptors (Lipinski definition) is 6. The average Bonchev–Trinajstić information content (AvgIpc) is 3.47. The maximum atomic E-state index is 13.6. The molecule has 1 saturated heterocycles. The van der Waals surface area contributed by atoms with E-state index in [4.69, 9.17) is 9.47 Å². The summed E-state index contributed by atoms with van der Waals surface area (Å²) in [5, 5.41) is 14.3. The number of benzene rings is 1. The predicted octanol–water partition coefficient (Wildman–Crippen LogP) is 3.75. The van der Waals surface area contributed by atoms with Crippen LogP contribution < -0.4 is 10.1 Å². The molecule has 1 aromatic carbocycles. The minimum Gasteiger partial charge on any atom is -0.480 e. The van der Waals surface area contributed by atoms with E-state index in [0.29, 0.717) is 5.88 Å². The lowest BCUT2D eigenvalue weighted by atomic mass is 9.85. The molecule has 2 fully saturated rings. The van der Waals surface area contributed by atoms with Crippen LogP contribution in [0.4, 0.5) is 4.79 Å². The second-order valence-corrected chi connectivity index (χ2v) is 10.4. The maximum Gasteiger partial charge on any atom is 0.408 e. The van der Waals surface area contributed by atoms with Gasteiger partial charge in [-0.3, -0.25) is 4.79 Å². The Balaban J connectivity index is 1.50. The van der Waals surface area contributed by atoms with Crippen molar-refractivity contribution in [3.8, 4) is 5.88 Å². The quantitative estimate of drug-likeness (QED) is 0.642. The van der Waals surface area contributed by atoms with Crippen LogP contribution >= 0.6 is 0 Å². The summed E-state index contributed by atoms with van der Waals surface area (Å²) in [6, 6.07) is 7.48. The Kier molecular flexibility index (Phi) is 7.14. The summed E-state index contributed by atoms with van der Waals surface area (Å²) in [7, 11) is 0. The second-order valence-electron chi connectivity index (χ2n) is 10.4. The highest BCUT2D eigenvalue weighted by Gasteiger charge is 2.46. The number of amides is 2. The first kappa shape index (κ1) is 24.8. The number of fused-ring (bicyclic) bond motifs is 1. The molecule has 1 aromatic heterocycles. The molecule has 2 amide bonds. The van der Waals surface area contributed by atoms with E-state index in [1.54, 1.807) is 6.20 Å². The number of carboxylic acids is 1. The summed E-state index contributed by atoms with van der Waals surface area (Å²) in [4.78, 5) is 43.9. The van der Waals surface area contributed by atoms with Gasteiger partial charge < -0.3 is 24.8 Å². The summed E-state index contributed by atoms with van der Waals surface area (Å²) in [6.45, 7) is 5.55. The van der Waals surface area contributed by atoms with E-state index >= 15 is 0 Å². The number of hydrogen-bond donors (Lipinski definition) is 2. The number of nitrogens with one attached hydrogen (secondary N) is 1. The highest BCUT2D eigenvalue weighted by Crippen LogP contribution is 2.30. The number of likely N-dealkylation sites (tertiary alicyclic amines) is 1. The van der Waals surface area contributed by atoms with E-state index in [1.807, 2.05) is 51.1 Å². The van der Waals surface area contributed by atoms with E-state index in [1.165, 1.54) is 4.90 Å². The molecule has 2 heterocycles. The van der Waals surface area contributed by atoms with Crippen LogP contribution in [-0.4, -0.2) is 63.8 Å². The Morgan fingerprint density at radius 3 is 2.51 bits per heavy atom. The molecule has 0 spiro atoms. The Hall–Kier alpha value is -3.36. The predicted molar refractivity (Wildman–Crippen MR) is 129 cm³/mol. The zero-order valence-corrected chi connectivity index (χ0v) is 20.4. The lowest BCUT2D eigenvalue weighted by molar-refractivity contribution is -0.150. The molecule has 3 atom stereocenters. The van der Waals surface area contributed by atoms with Gasteiger partial charge >= 0.3 is 12.1 Å². The fourth-order valence-electron chi connectivity index (χ4n) is 4.83. The summed E-state index contributed by atoms with van der Waals surface area (Å²) < 4.78 is 11.6. The minimum absolute atomic E-state index is 0.0760. The van der Waals surface area contributed by atoms with Crippen molar-refractivity contribution in [2.75, 3.05) is 6.54 Å². The largest absolute Gasteiger partial charge is 0.480 e. The Bertz CT molecular complexity index is 1090. The summed E-state index contributed by atoms with van der Waals surface area (Å²) >= 11 is 0. The lowest BCUT2D eigenvalue weighted by Gasteiger charge is -2.34. The van der Waals surface area contributed by atoms with E-state index in [2.05, 4.69) is 10.3 Å². The fourth-order valence-corrected chi connectivity index (χ4v) is 4.83. The van der Waals surface area contributed by atoms with Crippen molar-refractivity contribution in [1.29, 1.82) is 0 Å². The number of ether oxygens (including phenoxy) is 2. The van der Waals surface area contributed by atoms with Crippen molar-refractivity contribution in [2.24, 2.45) is 5.41 Å². The standard InChI is InChI=1S/C26H33N3O6/c1-26(2,3)21(28-25(33)35-17-9-5-6-10-17)23(30)29-15-18(14-20(29)24(31)32)34-22-19-11-7-4-8-16(19)12-13-27-22/h4,7-8,11-13,17-18,20-21H,5-6,9-10,14-15H2,1-3H3,(H,28,33)(H,31,32)/t18-,20+,21-/m1/s1. The molecule has 2 aliphatic rings. The van der Waals surface area contributed by atoms with Crippen molar-refractivity contribution >= 4 is 28.7 Å². The Morgan fingerprint density at radius 2 is 1.83 bits per heavy atom. The third-order valence-corrected chi connectivity index (χ3v) is 6.70. The zero-order chi connectivity index (χ0) is 25.2. The monoisotopic (exact) mass is 483 g/mol. The molecule has 1 aliphatic carbocycles. The molecule has 2 N–H and O–H groups in total. The third kappa shape index (κ3) is 5.66. The van der Waals surface area contributed by atoms with Crippen molar-refractivity contribution in [2.45, 2.75) is 77.2 Å². The van der Waals surface area contributed by atoms with E-state index < -0.39 is 41.6 Å². The van der Waals surface area contributed by atoms with Gasteiger partial charge in [-0.1, -0.05) is 39.0 Å². The summed E-state index contributed by atoms with van der Waals surface area (Å²) in [5.41, 5.74) is -0.662. The molecule has 0 unspecified atom stereocenters. The van der Waals surface area contributed by atoms with Crippen LogP contribution in [-0.2, 0) is 14.3 Å². The van der Waals surface area contributed by atoms with Crippen LogP contribution in [0.3, 0.4) is 0 Å². The van der Waals surface area contributed by atoms with Gasteiger partial charge in [-0.15, -0.1) is 0 Å². The minimum atomic E-state index is -1.11. The van der Waals surface area contributed by atoms with Crippen LogP contribution in [0.1, 0.15) is 52.9 Å². The van der Waals surface area contributed by atoms with Crippen molar-refractivity contribution < 1.29 is 29.0 Å². The summed E-state index contributed by atoms with van der Waals surface area (Å²) in [5.74, 6) is -1.18. The average molecular weight is 484 g/mol. The first-order chi connectivity index (χ1) is 16.6. The Labute approximate surface area is 204 Å². The number of nitrogens with zero attached hydrogens (tertiary/aromatic N) is 2. The number of aliphatic carboxylic acids is 1. The number of rotatable bonds is 6. The van der Waals surface area contributed by atoms with Gasteiger partial charge in [0.15, 0.2) is 0 Å². The number of carbonyl (C=O) groups is 3. The van der Waals surface area contributed by atoms with E-state index in [0.717, 1.165) is 36.5 Å². The molecule has 2 aromatic rings. The SMILES string of the molecule is CC(C)(C)[C@H](NC(=O)OC1CCCC1)C(=O)N1C[C@H](Oc2nccc3ccccc23)C[C@H]1C(=O)O. The van der Waals surface area contributed by atoms with Gasteiger partial charge in [0.05, 0.1) is 6.54 Å². The van der Waals surface area contributed by atoms with Crippen LogP contribution in [0.2, 0.25) is 0 Å². The number of pyridine rings is 1.